The van der Waals surface area contributed by atoms with Crippen LogP contribution >= 0.6 is 11.6 Å². The predicted octanol–water partition coefficient (Wildman–Crippen LogP) is 1.80. The molecule has 1 aromatic carbocycles. The first-order valence-corrected chi connectivity index (χ1v) is 5.75. The quantitative estimate of drug-likeness (QED) is 0.495. The summed E-state index contributed by atoms with van der Waals surface area (Å²) in [7, 11) is 0. The van der Waals surface area contributed by atoms with Gasteiger partial charge in [0.05, 0.1) is 18.1 Å². The van der Waals surface area contributed by atoms with Gasteiger partial charge in [0.1, 0.15) is 0 Å². The number of nitrogens with two attached hydrogens (primary N) is 1. The maximum absolute atomic E-state index is 11.6. The van der Waals surface area contributed by atoms with Gasteiger partial charge in [0.25, 0.3) is 0 Å². The number of halogens is 1. The second kappa shape index (κ2) is 6.25. The van der Waals surface area contributed by atoms with Crippen LogP contribution < -0.4 is 5.73 Å². The first-order chi connectivity index (χ1) is 8.08. The Bertz CT molecular complexity index is 432. The number of carbonyl (C=O) groups excluding carboxylic acids is 2. The van der Waals surface area contributed by atoms with Crippen molar-refractivity contribution < 1.29 is 14.3 Å². The fraction of sp³-hybridized carbons (Fsp3) is 0.333. The molecule has 0 heterocycles. The number of esters is 1. The molecule has 0 radical (unpaired) electrons. The van der Waals surface area contributed by atoms with Crippen LogP contribution in [0.15, 0.2) is 18.2 Å². The van der Waals surface area contributed by atoms with E-state index in [1.807, 2.05) is 0 Å². The predicted molar refractivity (Wildman–Crippen MR) is 66.2 cm³/mol. The van der Waals surface area contributed by atoms with Crippen molar-refractivity contribution in [1.29, 1.82) is 0 Å². The van der Waals surface area contributed by atoms with Crippen LogP contribution in [0, 0.1) is 0 Å². The minimum Gasteiger partial charge on any atom is -0.462 e. The van der Waals surface area contributed by atoms with Gasteiger partial charge in [0, 0.05) is 12.1 Å². The van der Waals surface area contributed by atoms with Crippen molar-refractivity contribution in [2.45, 2.75) is 13.3 Å². The lowest BCUT2D eigenvalue weighted by Gasteiger charge is -2.08. The Labute approximate surface area is 105 Å². The van der Waals surface area contributed by atoms with Crippen LogP contribution in [0.4, 0.5) is 5.69 Å². The average Bonchev–Trinajstić information content (AvgIpc) is 2.29. The van der Waals surface area contributed by atoms with Gasteiger partial charge < -0.3 is 10.5 Å². The summed E-state index contributed by atoms with van der Waals surface area (Å²) in [6.45, 7) is 2.00. The minimum atomic E-state index is -0.454. The van der Waals surface area contributed by atoms with Crippen LogP contribution in [0.1, 0.15) is 22.8 Å². The molecule has 0 saturated heterocycles. The van der Waals surface area contributed by atoms with Gasteiger partial charge in [-0.05, 0) is 30.7 Å². The van der Waals surface area contributed by atoms with Gasteiger partial charge >= 0.3 is 5.97 Å². The molecule has 5 heteroatoms. The number of hydrogen-bond donors (Lipinski definition) is 1. The van der Waals surface area contributed by atoms with E-state index in [2.05, 4.69) is 0 Å². The number of alkyl halides is 1. The van der Waals surface area contributed by atoms with Crippen LogP contribution in [-0.4, -0.2) is 24.2 Å². The second-order valence-corrected chi connectivity index (χ2v) is 3.75. The summed E-state index contributed by atoms with van der Waals surface area (Å²) in [5.41, 5.74) is 7.03. The fourth-order valence-electron chi connectivity index (χ4n) is 1.43. The molecule has 0 spiro atoms. The molecule has 0 atom stereocenters. The molecule has 92 valence electrons. The third kappa shape index (κ3) is 3.75. The number of hydrogen-bond acceptors (Lipinski definition) is 4. The lowest BCUT2D eigenvalue weighted by atomic mass is 10.0. The van der Waals surface area contributed by atoms with E-state index in [0.29, 0.717) is 16.8 Å². The van der Waals surface area contributed by atoms with E-state index in [1.54, 1.807) is 25.1 Å². The topological polar surface area (TPSA) is 69.4 Å². The molecule has 0 amide bonds. The van der Waals surface area contributed by atoms with Crippen molar-refractivity contribution in [3.8, 4) is 0 Å². The molecule has 4 nitrogen and oxygen atoms in total. The van der Waals surface area contributed by atoms with E-state index in [1.165, 1.54) is 0 Å². The lowest BCUT2D eigenvalue weighted by molar-refractivity contribution is -0.116. The fourth-order valence-corrected chi connectivity index (χ4v) is 1.52. The number of anilines is 1. The molecule has 0 aliphatic heterocycles. The normalized spacial score (nSPS) is 10.0. The number of Topliss-reactive ketones (excluding diaryl/α,β-unsaturated/α-hetero) is 1. The maximum atomic E-state index is 11.6. The Balaban J connectivity index is 3.03. The van der Waals surface area contributed by atoms with Gasteiger partial charge in [-0.1, -0.05) is 0 Å². The standard InChI is InChI=1S/C12H14ClNO3/c1-2-17-12(16)11-4-3-9(14)5-8(11)6-10(15)7-13/h3-5H,2,6-7,14H2,1H3. The van der Waals surface area contributed by atoms with E-state index >= 15 is 0 Å². The molecule has 0 aliphatic rings. The highest BCUT2D eigenvalue weighted by Crippen LogP contribution is 2.16. The molecular weight excluding hydrogens is 242 g/mol. The summed E-state index contributed by atoms with van der Waals surface area (Å²) in [6, 6.07) is 4.75. The monoisotopic (exact) mass is 255 g/mol. The van der Waals surface area contributed by atoms with Gasteiger partial charge in [-0.15, -0.1) is 11.6 Å². The summed E-state index contributed by atoms with van der Waals surface area (Å²) >= 11 is 5.44. The molecule has 1 aromatic rings. The first-order valence-electron chi connectivity index (χ1n) is 5.21. The summed E-state index contributed by atoms with van der Waals surface area (Å²) in [5, 5.41) is 0. The van der Waals surface area contributed by atoms with Gasteiger partial charge in [0.2, 0.25) is 0 Å². The summed E-state index contributed by atoms with van der Waals surface area (Å²) in [6.07, 6.45) is 0.0860. The minimum absolute atomic E-state index is 0.0860. The highest BCUT2D eigenvalue weighted by Gasteiger charge is 2.14. The number of nitrogen functional groups attached to an aromatic ring is 1. The molecular formula is C12H14ClNO3. The van der Waals surface area contributed by atoms with Crippen LogP contribution in [0.25, 0.3) is 0 Å². The van der Waals surface area contributed by atoms with Crippen LogP contribution in [0.2, 0.25) is 0 Å². The number of rotatable bonds is 5. The SMILES string of the molecule is CCOC(=O)c1ccc(N)cc1CC(=O)CCl. The first kappa shape index (κ1) is 13.5. The molecule has 0 aromatic heterocycles. The molecule has 17 heavy (non-hydrogen) atoms. The smallest absolute Gasteiger partial charge is 0.338 e. The molecule has 2 N–H and O–H groups in total. The maximum Gasteiger partial charge on any atom is 0.338 e. The highest BCUT2D eigenvalue weighted by molar-refractivity contribution is 6.27. The van der Waals surface area contributed by atoms with E-state index < -0.39 is 5.97 Å². The van der Waals surface area contributed by atoms with Crippen molar-refractivity contribution in [3.63, 3.8) is 0 Å². The van der Waals surface area contributed by atoms with Gasteiger partial charge in [0.15, 0.2) is 5.78 Å². The zero-order chi connectivity index (χ0) is 12.8. The van der Waals surface area contributed by atoms with Crippen molar-refractivity contribution in [3.05, 3.63) is 29.3 Å². The van der Waals surface area contributed by atoms with E-state index in [4.69, 9.17) is 22.1 Å². The van der Waals surface area contributed by atoms with Crippen LogP contribution in [-0.2, 0) is 16.0 Å². The molecule has 0 bridgehead atoms. The largest absolute Gasteiger partial charge is 0.462 e. The Hall–Kier alpha value is -1.55. The van der Waals surface area contributed by atoms with E-state index in [9.17, 15) is 9.59 Å². The Morgan fingerprint density at radius 1 is 1.41 bits per heavy atom. The van der Waals surface area contributed by atoms with E-state index in [0.717, 1.165) is 0 Å². The van der Waals surface area contributed by atoms with E-state index in [-0.39, 0.29) is 24.7 Å². The summed E-state index contributed by atoms with van der Waals surface area (Å²) in [5.74, 6) is -0.704. The van der Waals surface area contributed by atoms with Crippen LogP contribution in [0.3, 0.4) is 0 Å². The third-order valence-corrected chi connectivity index (χ3v) is 2.46. The van der Waals surface area contributed by atoms with Crippen molar-refractivity contribution >= 4 is 29.0 Å². The summed E-state index contributed by atoms with van der Waals surface area (Å²) < 4.78 is 4.90. The Morgan fingerprint density at radius 2 is 2.12 bits per heavy atom. The second-order valence-electron chi connectivity index (χ2n) is 3.49. The Morgan fingerprint density at radius 3 is 2.71 bits per heavy atom. The number of benzene rings is 1. The molecule has 0 saturated carbocycles. The van der Waals surface area contributed by atoms with Crippen molar-refractivity contribution in [2.24, 2.45) is 0 Å². The zero-order valence-corrected chi connectivity index (χ0v) is 10.3. The van der Waals surface area contributed by atoms with Gasteiger partial charge in [-0.25, -0.2) is 4.79 Å². The molecule has 0 fully saturated rings. The highest BCUT2D eigenvalue weighted by atomic mass is 35.5. The number of ketones is 1. The van der Waals surface area contributed by atoms with Gasteiger partial charge in [-0.2, -0.15) is 0 Å². The lowest BCUT2D eigenvalue weighted by Crippen LogP contribution is -2.12. The zero-order valence-electron chi connectivity index (χ0n) is 9.53. The Kier molecular flexibility index (Phi) is 4.97. The number of carbonyl (C=O) groups is 2. The molecule has 0 aliphatic carbocycles. The van der Waals surface area contributed by atoms with Gasteiger partial charge in [-0.3, -0.25) is 4.79 Å². The van der Waals surface area contributed by atoms with Crippen LogP contribution in [0.5, 0.6) is 0 Å². The number of ether oxygens (including phenoxy) is 1. The third-order valence-electron chi connectivity index (χ3n) is 2.16. The molecule has 1 rings (SSSR count). The van der Waals surface area contributed by atoms with Crippen molar-refractivity contribution in [1.82, 2.24) is 0 Å². The molecule has 0 unspecified atom stereocenters. The summed E-state index contributed by atoms with van der Waals surface area (Å²) in [4.78, 5) is 22.9. The average molecular weight is 256 g/mol. The van der Waals surface area contributed by atoms with Crippen molar-refractivity contribution in [2.75, 3.05) is 18.2 Å².